The second-order valence-corrected chi connectivity index (χ2v) is 8.14. The molecular weight excluding hydrogens is 342 g/mol. The topological polar surface area (TPSA) is 64.8 Å². The fraction of sp³-hybridized carbons (Fsp3) is 0.500. The number of carbonyl (C=O) groups excluding carboxylic acids is 1. The summed E-state index contributed by atoms with van der Waals surface area (Å²) in [6.45, 7) is 4.31. The lowest BCUT2D eigenvalue weighted by molar-refractivity contribution is -0.129. The van der Waals surface area contributed by atoms with Crippen molar-refractivity contribution in [2.24, 2.45) is 5.41 Å². The third-order valence-corrected chi connectivity index (χ3v) is 5.08. The van der Waals surface area contributed by atoms with E-state index in [-0.39, 0.29) is 24.5 Å². The van der Waals surface area contributed by atoms with Crippen LogP contribution in [0, 0.1) is 5.41 Å². The van der Waals surface area contributed by atoms with Gasteiger partial charge in [-0.15, -0.1) is 0 Å². The van der Waals surface area contributed by atoms with Gasteiger partial charge >= 0.3 is 0 Å². The summed E-state index contributed by atoms with van der Waals surface area (Å²) in [6.07, 6.45) is 3.61. The Labute approximate surface area is 160 Å². The zero-order chi connectivity index (χ0) is 19.8. The van der Waals surface area contributed by atoms with Crippen LogP contribution >= 0.6 is 0 Å². The SMILES string of the molecule is CN(C)C(=O)Cn1cnc(-c2ccc(N3CC(C)(CO)C3)cc2N(C)C)c1. The molecule has 7 nitrogen and oxygen atoms in total. The minimum atomic E-state index is -0.00526. The van der Waals surface area contributed by atoms with Gasteiger partial charge in [0.15, 0.2) is 0 Å². The van der Waals surface area contributed by atoms with Crippen LogP contribution in [0.3, 0.4) is 0 Å². The van der Waals surface area contributed by atoms with Crippen LogP contribution in [0.1, 0.15) is 6.92 Å². The number of benzene rings is 1. The Morgan fingerprint density at radius 2 is 1.96 bits per heavy atom. The van der Waals surface area contributed by atoms with Crippen molar-refractivity contribution < 1.29 is 9.90 Å². The second-order valence-electron chi connectivity index (χ2n) is 8.14. The number of aliphatic hydroxyl groups is 1. The Morgan fingerprint density at radius 1 is 1.26 bits per heavy atom. The first-order chi connectivity index (χ1) is 12.7. The van der Waals surface area contributed by atoms with E-state index >= 15 is 0 Å². The van der Waals surface area contributed by atoms with E-state index in [4.69, 9.17) is 0 Å². The zero-order valence-corrected chi connectivity index (χ0v) is 16.8. The first kappa shape index (κ1) is 19.2. The summed E-state index contributed by atoms with van der Waals surface area (Å²) in [7, 11) is 7.54. The van der Waals surface area contributed by atoms with Crippen molar-refractivity contribution in [3.05, 3.63) is 30.7 Å². The highest BCUT2D eigenvalue weighted by molar-refractivity contribution is 5.80. The minimum Gasteiger partial charge on any atom is -0.396 e. The Bertz CT molecular complexity index is 822. The molecule has 0 spiro atoms. The van der Waals surface area contributed by atoms with Crippen molar-refractivity contribution in [1.82, 2.24) is 14.5 Å². The number of nitrogens with zero attached hydrogens (tertiary/aromatic N) is 5. The van der Waals surface area contributed by atoms with E-state index in [1.807, 2.05) is 24.9 Å². The van der Waals surface area contributed by atoms with Gasteiger partial charge in [0.1, 0.15) is 6.54 Å². The van der Waals surface area contributed by atoms with Crippen molar-refractivity contribution in [2.75, 3.05) is 57.7 Å². The summed E-state index contributed by atoms with van der Waals surface area (Å²) < 4.78 is 1.81. The third kappa shape index (κ3) is 3.93. The monoisotopic (exact) mass is 371 g/mol. The van der Waals surface area contributed by atoms with Gasteiger partial charge in [0.05, 0.1) is 18.6 Å². The van der Waals surface area contributed by atoms with Crippen LogP contribution in [0.2, 0.25) is 0 Å². The maximum Gasteiger partial charge on any atom is 0.242 e. The van der Waals surface area contributed by atoms with Crippen LogP contribution in [0.25, 0.3) is 11.3 Å². The van der Waals surface area contributed by atoms with E-state index in [2.05, 4.69) is 39.9 Å². The number of anilines is 2. The minimum absolute atomic E-state index is 0.00526. The van der Waals surface area contributed by atoms with Crippen molar-refractivity contribution >= 4 is 17.3 Å². The Kier molecular flexibility index (Phi) is 5.15. The molecule has 1 aliphatic rings. The molecule has 1 amide bonds. The number of hydrogen-bond donors (Lipinski definition) is 1. The fourth-order valence-electron chi connectivity index (χ4n) is 3.34. The lowest BCUT2D eigenvalue weighted by atomic mass is 9.82. The molecule has 0 aliphatic carbocycles. The number of aromatic nitrogens is 2. The van der Waals surface area contributed by atoms with Gasteiger partial charge < -0.3 is 24.4 Å². The largest absolute Gasteiger partial charge is 0.396 e. The molecule has 0 atom stereocenters. The molecule has 3 rings (SSSR count). The van der Waals surface area contributed by atoms with E-state index in [1.165, 1.54) is 0 Å². The van der Waals surface area contributed by atoms with Gasteiger partial charge in [-0.05, 0) is 18.2 Å². The highest BCUT2D eigenvalue weighted by Crippen LogP contribution is 2.38. The second kappa shape index (κ2) is 7.23. The molecule has 0 unspecified atom stereocenters. The molecule has 1 aromatic heterocycles. The summed E-state index contributed by atoms with van der Waals surface area (Å²) in [5.41, 5.74) is 4.10. The smallest absolute Gasteiger partial charge is 0.242 e. The number of amides is 1. The molecule has 0 bridgehead atoms. The van der Waals surface area contributed by atoms with Crippen LogP contribution in [0.15, 0.2) is 30.7 Å². The Balaban J connectivity index is 1.84. The summed E-state index contributed by atoms with van der Waals surface area (Å²) >= 11 is 0. The summed E-state index contributed by atoms with van der Waals surface area (Å²) in [5.74, 6) is 0.0341. The van der Waals surface area contributed by atoms with Crippen LogP contribution in [-0.4, -0.2) is 73.4 Å². The summed E-state index contributed by atoms with van der Waals surface area (Å²) in [4.78, 5) is 22.4. The van der Waals surface area contributed by atoms with Crippen LogP contribution < -0.4 is 9.80 Å². The number of rotatable bonds is 6. The lowest BCUT2D eigenvalue weighted by Gasteiger charge is -2.48. The molecule has 2 aromatic rings. The third-order valence-electron chi connectivity index (χ3n) is 5.08. The average Bonchev–Trinajstić information content (AvgIpc) is 3.06. The zero-order valence-electron chi connectivity index (χ0n) is 16.8. The molecule has 2 heterocycles. The van der Waals surface area contributed by atoms with Crippen LogP contribution in [-0.2, 0) is 11.3 Å². The molecular formula is C20H29N5O2. The van der Waals surface area contributed by atoms with Crippen LogP contribution in [0.5, 0.6) is 0 Å². The van der Waals surface area contributed by atoms with Crippen molar-refractivity contribution in [2.45, 2.75) is 13.5 Å². The van der Waals surface area contributed by atoms with Gasteiger partial charge in [0.25, 0.3) is 0 Å². The maximum atomic E-state index is 11.9. The highest BCUT2D eigenvalue weighted by atomic mass is 16.3. The number of carbonyl (C=O) groups is 1. The van der Waals surface area contributed by atoms with Crippen LogP contribution in [0.4, 0.5) is 11.4 Å². The number of imidazole rings is 1. The molecule has 27 heavy (non-hydrogen) atoms. The predicted molar refractivity (Wildman–Crippen MR) is 108 cm³/mol. The Hall–Kier alpha value is -2.54. The molecule has 1 fully saturated rings. The van der Waals surface area contributed by atoms with Crippen molar-refractivity contribution in [1.29, 1.82) is 0 Å². The van der Waals surface area contributed by atoms with Gasteiger partial charge in [-0.1, -0.05) is 6.92 Å². The quantitative estimate of drug-likeness (QED) is 0.834. The number of hydrogen-bond acceptors (Lipinski definition) is 5. The average molecular weight is 371 g/mol. The van der Waals surface area contributed by atoms with Crippen molar-refractivity contribution in [3.63, 3.8) is 0 Å². The standard InChI is InChI=1S/C20H29N5O2/c1-20(13-26)11-25(12-20)15-6-7-16(18(8-15)22(2)3)17-9-24(14-21-17)10-19(27)23(4)5/h6-9,14,26H,10-13H2,1-5H3. The predicted octanol–water partition coefficient (Wildman–Crippen LogP) is 1.52. The van der Waals surface area contributed by atoms with E-state index in [9.17, 15) is 9.90 Å². The van der Waals surface area contributed by atoms with Gasteiger partial charge in [0.2, 0.25) is 5.91 Å². The first-order valence-electron chi connectivity index (χ1n) is 9.12. The molecule has 0 saturated carbocycles. The van der Waals surface area contributed by atoms with E-state index in [1.54, 1.807) is 25.3 Å². The summed E-state index contributed by atoms with van der Waals surface area (Å²) in [5, 5.41) is 9.47. The van der Waals surface area contributed by atoms with Gasteiger partial charge in [-0.3, -0.25) is 4.79 Å². The van der Waals surface area contributed by atoms with Crippen molar-refractivity contribution in [3.8, 4) is 11.3 Å². The highest BCUT2D eigenvalue weighted by Gasteiger charge is 2.38. The van der Waals surface area contributed by atoms with Gasteiger partial charge in [0, 0.05) is 69.8 Å². The molecule has 1 aliphatic heterocycles. The normalized spacial score (nSPS) is 15.4. The molecule has 0 radical (unpaired) electrons. The first-order valence-corrected chi connectivity index (χ1v) is 9.12. The van der Waals surface area contributed by atoms with E-state index < -0.39 is 0 Å². The fourth-order valence-corrected chi connectivity index (χ4v) is 3.34. The lowest BCUT2D eigenvalue weighted by Crippen LogP contribution is -2.56. The maximum absolute atomic E-state index is 11.9. The Morgan fingerprint density at radius 3 is 2.56 bits per heavy atom. The number of aliphatic hydroxyl groups excluding tert-OH is 1. The summed E-state index contributed by atoms with van der Waals surface area (Å²) in [6, 6.07) is 6.35. The molecule has 146 valence electrons. The molecule has 1 aromatic carbocycles. The molecule has 7 heteroatoms. The molecule has 1 saturated heterocycles. The number of likely N-dealkylation sites (N-methyl/N-ethyl adjacent to an activating group) is 1. The molecule has 1 N–H and O–H groups in total. The van der Waals surface area contributed by atoms with Gasteiger partial charge in [-0.2, -0.15) is 0 Å². The van der Waals surface area contributed by atoms with Gasteiger partial charge in [-0.25, -0.2) is 4.98 Å². The van der Waals surface area contributed by atoms with E-state index in [0.717, 1.165) is 35.7 Å². The van der Waals surface area contributed by atoms with E-state index in [0.29, 0.717) is 0 Å².